The minimum Gasteiger partial charge on any atom is -0.0648 e. The summed E-state index contributed by atoms with van der Waals surface area (Å²) in [6.45, 7) is 9.34. The van der Waals surface area contributed by atoms with Crippen LogP contribution in [0.25, 0.3) is 21.5 Å². The lowest BCUT2D eigenvalue weighted by molar-refractivity contribution is 0.712. The molecule has 0 fully saturated rings. The summed E-state index contributed by atoms with van der Waals surface area (Å²) in [4.78, 5) is 0. The van der Waals surface area contributed by atoms with Crippen LogP contribution in [0, 0.1) is 0 Å². The van der Waals surface area contributed by atoms with Gasteiger partial charge in [0.2, 0.25) is 0 Å². The van der Waals surface area contributed by atoms with Gasteiger partial charge < -0.3 is 0 Å². The van der Waals surface area contributed by atoms with Gasteiger partial charge in [-0.15, -0.1) is 0 Å². The number of aryl methyl sites for hydroxylation is 2. The van der Waals surface area contributed by atoms with Crippen LogP contribution in [-0.2, 0) is 12.8 Å². The van der Waals surface area contributed by atoms with Gasteiger partial charge in [-0.3, -0.25) is 0 Å². The van der Waals surface area contributed by atoms with E-state index in [1.165, 1.54) is 45.5 Å². The highest BCUT2D eigenvalue weighted by Gasteiger charge is 2.16. The molecule has 0 saturated carbocycles. The number of fused-ring (bicyclic) bond motifs is 2. The summed E-state index contributed by atoms with van der Waals surface area (Å²) >= 11 is 0. The third kappa shape index (κ3) is 3.88. The molecule has 0 aliphatic carbocycles. The molecule has 2 unspecified atom stereocenters. The summed E-state index contributed by atoms with van der Waals surface area (Å²) < 4.78 is 0. The average Bonchev–Trinajstić information content (AvgIpc) is 2.81. The maximum atomic E-state index is 2.38. The van der Waals surface area contributed by atoms with Gasteiger partial charge in [0.05, 0.1) is 0 Å². The Morgan fingerprint density at radius 2 is 0.933 bits per heavy atom. The van der Waals surface area contributed by atoms with Crippen LogP contribution in [-0.4, -0.2) is 0 Å². The first-order chi connectivity index (χ1) is 14.6. The Labute approximate surface area is 182 Å². The molecule has 0 heterocycles. The minimum atomic E-state index is 0.589. The number of benzene rings is 4. The lowest BCUT2D eigenvalue weighted by atomic mass is 9.84. The number of hydrogen-bond donors (Lipinski definition) is 0. The van der Waals surface area contributed by atoms with E-state index in [9.17, 15) is 0 Å². The van der Waals surface area contributed by atoms with E-state index >= 15 is 0 Å². The van der Waals surface area contributed by atoms with Crippen LogP contribution >= 0.6 is 0 Å². The van der Waals surface area contributed by atoms with E-state index in [1.54, 1.807) is 11.1 Å². The fraction of sp³-hybridized carbons (Fsp3) is 0.333. The molecule has 4 aromatic carbocycles. The van der Waals surface area contributed by atoms with Gasteiger partial charge in [0, 0.05) is 0 Å². The molecule has 0 aliphatic rings. The van der Waals surface area contributed by atoms with Gasteiger partial charge in [0.25, 0.3) is 0 Å². The Morgan fingerprint density at radius 1 is 0.533 bits per heavy atom. The van der Waals surface area contributed by atoms with E-state index in [2.05, 4.69) is 100 Å². The van der Waals surface area contributed by atoms with E-state index in [-0.39, 0.29) is 0 Å². The highest BCUT2D eigenvalue weighted by atomic mass is 14.2. The van der Waals surface area contributed by atoms with Crippen molar-refractivity contribution in [1.82, 2.24) is 0 Å². The van der Waals surface area contributed by atoms with Crippen LogP contribution in [0.3, 0.4) is 0 Å². The first-order valence-electron chi connectivity index (χ1n) is 11.6. The summed E-state index contributed by atoms with van der Waals surface area (Å²) in [5.41, 5.74) is 6.15. The molecule has 4 rings (SSSR count). The van der Waals surface area contributed by atoms with Crippen molar-refractivity contribution >= 4 is 21.5 Å². The van der Waals surface area contributed by atoms with Crippen LogP contribution in [0.4, 0.5) is 0 Å². The van der Waals surface area contributed by atoms with Crippen LogP contribution in [0.2, 0.25) is 0 Å². The van der Waals surface area contributed by atoms with E-state index in [1.807, 2.05) is 0 Å². The monoisotopic (exact) mass is 394 g/mol. The molecule has 0 radical (unpaired) electrons. The van der Waals surface area contributed by atoms with Crippen molar-refractivity contribution in [2.45, 2.75) is 65.2 Å². The van der Waals surface area contributed by atoms with Crippen molar-refractivity contribution in [3.05, 3.63) is 95.1 Å². The van der Waals surface area contributed by atoms with Crippen molar-refractivity contribution in [1.29, 1.82) is 0 Å². The second-order valence-corrected chi connectivity index (χ2v) is 8.83. The standard InChI is InChI=1S/C30H34/c1-5-21(3)25-17-15-23-11-7-9-13-27(23)29(25)19-20-30-26(22(4)6-2)18-16-24-12-8-10-14-28(24)30/h7-18,21-22H,5-6,19-20H2,1-4H3. The molecule has 30 heavy (non-hydrogen) atoms. The predicted molar refractivity (Wildman–Crippen MR) is 133 cm³/mol. The van der Waals surface area contributed by atoms with Gasteiger partial charge in [0.15, 0.2) is 0 Å². The largest absolute Gasteiger partial charge is 0.0648 e. The number of hydrogen-bond acceptors (Lipinski definition) is 0. The fourth-order valence-corrected chi connectivity index (χ4v) is 4.88. The van der Waals surface area contributed by atoms with E-state index in [4.69, 9.17) is 0 Å². The molecular weight excluding hydrogens is 360 g/mol. The van der Waals surface area contributed by atoms with E-state index in [0.29, 0.717) is 11.8 Å². The topological polar surface area (TPSA) is 0 Å². The third-order valence-electron chi connectivity index (χ3n) is 7.07. The summed E-state index contributed by atoms with van der Waals surface area (Å²) in [5, 5.41) is 5.58. The maximum absolute atomic E-state index is 2.38. The normalized spacial score (nSPS) is 13.6. The molecule has 0 heteroatoms. The zero-order valence-electron chi connectivity index (χ0n) is 18.9. The van der Waals surface area contributed by atoms with Crippen LogP contribution in [0.5, 0.6) is 0 Å². The molecule has 0 saturated heterocycles. The third-order valence-corrected chi connectivity index (χ3v) is 7.07. The lowest BCUT2D eigenvalue weighted by Crippen LogP contribution is -2.05. The van der Waals surface area contributed by atoms with Crippen molar-refractivity contribution in [3.63, 3.8) is 0 Å². The molecule has 4 aromatic rings. The molecule has 0 aromatic heterocycles. The lowest BCUT2D eigenvalue weighted by Gasteiger charge is -2.21. The molecule has 0 amide bonds. The van der Waals surface area contributed by atoms with Crippen LogP contribution in [0.1, 0.15) is 74.6 Å². The van der Waals surface area contributed by atoms with Gasteiger partial charge in [-0.05, 0) is 81.3 Å². The molecule has 0 spiro atoms. The second kappa shape index (κ2) is 9.04. The van der Waals surface area contributed by atoms with E-state index < -0.39 is 0 Å². The molecule has 0 bridgehead atoms. The summed E-state index contributed by atoms with van der Waals surface area (Å²) in [6.07, 6.45) is 4.55. The summed E-state index contributed by atoms with van der Waals surface area (Å²) in [7, 11) is 0. The molecule has 0 nitrogen and oxygen atoms in total. The highest BCUT2D eigenvalue weighted by molar-refractivity contribution is 5.88. The van der Waals surface area contributed by atoms with Gasteiger partial charge in [-0.25, -0.2) is 0 Å². The first-order valence-corrected chi connectivity index (χ1v) is 11.6. The van der Waals surface area contributed by atoms with Gasteiger partial charge in [-0.1, -0.05) is 100 Å². The van der Waals surface area contributed by atoms with Crippen molar-refractivity contribution < 1.29 is 0 Å². The van der Waals surface area contributed by atoms with Crippen LogP contribution in [0.15, 0.2) is 72.8 Å². The number of rotatable bonds is 7. The quantitative estimate of drug-likeness (QED) is 0.294. The predicted octanol–water partition coefficient (Wildman–Crippen LogP) is 8.81. The zero-order chi connectivity index (χ0) is 21.1. The Morgan fingerprint density at radius 3 is 1.33 bits per heavy atom. The smallest absolute Gasteiger partial charge is 0.0149 e. The van der Waals surface area contributed by atoms with E-state index in [0.717, 1.165) is 12.8 Å². The van der Waals surface area contributed by atoms with Gasteiger partial charge >= 0.3 is 0 Å². The Balaban J connectivity index is 1.82. The van der Waals surface area contributed by atoms with Gasteiger partial charge in [0.1, 0.15) is 0 Å². The van der Waals surface area contributed by atoms with Crippen LogP contribution < -0.4 is 0 Å². The second-order valence-electron chi connectivity index (χ2n) is 8.83. The molecule has 154 valence electrons. The average molecular weight is 395 g/mol. The fourth-order valence-electron chi connectivity index (χ4n) is 4.88. The zero-order valence-corrected chi connectivity index (χ0v) is 18.9. The molecule has 0 aliphatic heterocycles. The Kier molecular flexibility index (Phi) is 6.23. The minimum absolute atomic E-state index is 0.589. The first kappa shape index (κ1) is 20.7. The SMILES string of the molecule is CCC(C)c1ccc2ccccc2c1CCc1c(C(C)CC)ccc2ccccc12. The van der Waals surface area contributed by atoms with Crippen molar-refractivity contribution in [3.8, 4) is 0 Å². The van der Waals surface area contributed by atoms with Crippen molar-refractivity contribution in [2.75, 3.05) is 0 Å². The highest BCUT2D eigenvalue weighted by Crippen LogP contribution is 2.34. The molecular formula is C30H34. The van der Waals surface area contributed by atoms with Crippen molar-refractivity contribution in [2.24, 2.45) is 0 Å². The Bertz CT molecular complexity index is 1060. The molecule has 2 atom stereocenters. The summed E-state index contributed by atoms with van der Waals surface area (Å²) in [5.74, 6) is 1.18. The Hall–Kier alpha value is -2.60. The van der Waals surface area contributed by atoms with Gasteiger partial charge in [-0.2, -0.15) is 0 Å². The molecule has 0 N–H and O–H groups in total. The summed E-state index contributed by atoms with van der Waals surface area (Å²) in [6, 6.07) is 27.2. The maximum Gasteiger partial charge on any atom is -0.0149 e.